The van der Waals surface area contributed by atoms with E-state index in [9.17, 15) is 13.2 Å². The molecule has 0 aromatic heterocycles. The van der Waals surface area contributed by atoms with Crippen LogP contribution in [0.1, 0.15) is 37.4 Å². The number of guanidine groups is 1. The van der Waals surface area contributed by atoms with Crippen LogP contribution in [0.4, 0.5) is 13.2 Å². The molecule has 0 saturated carbocycles. The van der Waals surface area contributed by atoms with Crippen molar-refractivity contribution < 1.29 is 13.2 Å². The minimum absolute atomic E-state index is 0.0286. The summed E-state index contributed by atoms with van der Waals surface area (Å²) in [6, 6.07) is 9.99. The third kappa shape index (κ3) is 4.51. The Labute approximate surface area is 157 Å². The molecule has 0 radical (unpaired) electrons. The maximum atomic E-state index is 13.4. The van der Waals surface area contributed by atoms with Crippen molar-refractivity contribution in [3.05, 3.63) is 82.7 Å². The predicted octanol–water partition coefficient (Wildman–Crippen LogP) is 4.62. The van der Waals surface area contributed by atoms with Crippen molar-refractivity contribution in [2.75, 3.05) is 0 Å². The highest BCUT2D eigenvalue weighted by atomic mass is 19.2. The first-order valence-electron chi connectivity index (χ1n) is 8.91. The van der Waals surface area contributed by atoms with Crippen LogP contribution in [0.25, 0.3) is 0 Å². The highest BCUT2D eigenvalue weighted by molar-refractivity contribution is 5.84. The number of nitrogens with zero attached hydrogens (tertiary/aromatic N) is 1. The molecule has 142 valence electrons. The largest absolute Gasteiger partial charge is 0.347 e. The number of hydrogen-bond acceptors (Lipinski definition) is 1. The summed E-state index contributed by atoms with van der Waals surface area (Å²) in [7, 11) is 0. The fraction of sp³-hybridized carbons (Fsp3) is 0.286. The quantitative estimate of drug-likeness (QED) is 0.751. The van der Waals surface area contributed by atoms with E-state index in [4.69, 9.17) is 0 Å². The van der Waals surface area contributed by atoms with Crippen LogP contribution in [0.15, 0.2) is 59.1 Å². The number of benzene rings is 2. The van der Waals surface area contributed by atoms with Crippen molar-refractivity contribution in [3.8, 4) is 0 Å². The highest BCUT2D eigenvalue weighted by Gasteiger charge is 2.32. The lowest BCUT2D eigenvalue weighted by atomic mass is 9.95. The van der Waals surface area contributed by atoms with Crippen molar-refractivity contribution in [3.63, 3.8) is 0 Å². The Kier molecular flexibility index (Phi) is 5.84. The Morgan fingerprint density at radius 1 is 1.04 bits per heavy atom. The summed E-state index contributed by atoms with van der Waals surface area (Å²) in [5.74, 6) is -1.47. The molecule has 0 unspecified atom stereocenters. The minimum atomic E-state index is -0.885. The molecule has 2 atom stereocenters. The third-order valence-corrected chi connectivity index (χ3v) is 4.57. The van der Waals surface area contributed by atoms with Gasteiger partial charge in [0.15, 0.2) is 17.6 Å². The van der Waals surface area contributed by atoms with Crippen LogP contribution in [0.2, 0.25) is 0 Å². The molecular formula is C21H22F3N3. The molecular weight excluding hydrogens is 351 g/mol. The fourth-order valence-electron chi connectivity index (χ4n) is 3.17. The smallest absolute Gasteiger partial charge is 0.192 e. The van der Waals surface area contributed by atoms with Crippen LogP contribution in [-0.4, -0.2) is 12.0 Å². The van der Waals surface area contributed by atoms with Gasteiger partial charge in [0, 0.05) is 0 Å². The summed E-state index contributed by atoms with van der Waals surface area (Å²) in [5, 5.41) is 6.66. The van der Waals surface area contributed by atoms with E-state index >= 15 is 0 Å². The number of halogens is 3. The van der Waals surface area contributed by atoms with Crippen LogP contribution in [-0.2, 0) is 6.54 Å². The van der Waals surface area contributed by atoms with Crippen LogP contribution >= 0.6 is 0 Å². The van der Waals surface area contributed by atoms with E-state index in [0.29, 0.717) is 11.5 Å². The van der Waals surface area contributed by atoms with Crippen molar-refractivity contribution in [2.45, 2.75) is 38.9 Å². The molecule has 27 heavy (non-hydrogen) atoms. The molecule has 1 saturated heterocycles. The zero-order valence-corrected chi connectivity index (χ0v) is 15.3. The second-order valence-corrected chi connectivity index (χ2v) is 6.57. The van der Waals surface area contributed by atoms with Crippen LogP contribution in [0.5, 0.6) is 0 Å². The van der Waals surface area contributed by atoms with E-state index in [1.54, 1.807) is 12.1 Å². The summed E-state index contributed by atoms with van der Waals surface area (Å²) in [6.07, 6.45) is 3.04. The first kappa shape index (κ1) is 19.0. The monoisotopic (exact) mass is 373 g/mol. The average molecular weight is 373 g/mol. The maximum absolute atomic E-state index is 13.4. The molecule has 1 heterocycles. The van der Waals surface area contributed by atoms with Gasteiger partial charge >= 0.3 is 0 Å². The molecule has 2 aromatic rings. The van der Waals surface area contributed by atoms with Crippen molar-refractivity contribution in [1.82, 2.24) is 10.6 Å². The summed E-state index contributed by atoms with van der Waals surface area (Å²) < 4.78 is 39.7. The molecule has 2 N–H and O–H groups in total. The Balaban J connectivity index is 1.82. The standard InChI is InChI=1S/C21H22F3N3/c1-3-4-13(2)19-20(15-6-8-16(22)9-7-15)27-21(26-19)25-12-14-5-10-17(23)18(24)11-14/h4-11,19-20H,3,12H2,1-2H3,(H2,25,26,27)/b13-4+/t19-,20+/m1/s1. The molecule has 3 nitrogen and oxygen atoms in total. The number of rotatable bonds is 5. The van der Waals surface area contributed by atoms with Crippen molar-refractivity contribution >= 4 is 5.96 Å². The zero-order valence-electron chi connectivity index (χ0n) is 15.3. The Hall–Kier alpha value is -2.76. The predicted molar refractivity (Wildman–Crippen MR) is 101 cm³/mol. The molecule has 0 spiro atoms. The second-order valence-electron chi connectivity index (χ2n) is 6.57. The molecule has 1 aliphatic heterocycles. The molecule has 6 heteroatoms. The first-order valence-corrected chi connectivity index (χ1v) is 8.91. The lowest BCUT2D eigenvalue weighted by Gasteiger charge is -2.20. The van der Waals surface area contributed by atoms with Crippen molar-refractivity contribution in [2.24, 2.45) is 4.99 Å². The van der Waals surface area contributed by atoms with Crippen LogP contribution < -0.4 is 10.6 Å². The molecule has 0 amide bonds. The first-order chi connectivity index (χ1) is 13.0. The van der Waals surface area contributed by atoms with Gasteiger partial charge in [0.2, 0.25) is 0 Å². The molecule has 2 aromatic carbocycles. The Morgan fingerprint density at radius 3 is 2.44 bits per heavy atom. The van der Waals surface area contributed by atoms with Gasteiger partial charge in [0.1, 0.15) is 5.82 Å². The van der Waals surface area contributed by atoms with Gasteiger partial charge in [-0.15, -0.1) is 0 Å². The zero-order chi connectivity index (χ0) is 19.4. The van der Waals surface area contributed by atoms with E-state index in [0.717, 1.165) is 29.7 Å². The van der Waals surface area contributed by atoms with Crippen molar-refractivity contribution in [1.29, 1.82) is 0 Å². The summed E-state index contributed by atoms with van der Waals surface area (Å²) in [6.45, 7) is 4.32. The summed E-state index contributed by atoms with van der Waals surface area (Å²) in [5.41, 5.74) is 2.67. The van der Waals surface area contributed by atoms with Gasteiger partial charge in [-0.05, 0) is 48.7 Å². The van der Waals surface area contributed by atoms with Gasteiger partial charge in [0.05, 0.1) is 18.6 Å². The van der Waals surface area contributed by atoms with Gasteiger partial charge in [0.25, 0.3) is 0 Å². The van der Waals surface area contributed by atoms with E-state index in [1.807, 2.05) is 6.92 Å². The van der Waals surface area contributed by atoms with Gasteiger partial charge in [-0.3, -0.25) is 0 Å². The molecule has 1 aliphatic rings. The Morgan fingerprint density at radius 2 is 1.78 bits per heavy atom. The Bertz CT molecular complexity index is 859. The third-order valence-electron chi connectivity index (χ3n) is 4.57. The van der Waals surface area contributed by atoms with Gasteiger partial charge < -0.3 is 10.6 Å². The molecule has 3 rings (SSSR count). The summed E-state index contributed by atoms with van der Waals surface area (Å²) >= 11 is 0. The molecule has 1 fully saturated rings. The fourth-order valence-corrected chi connectivity index (χ4v) is 3.17. The molecule has 0 bridgehead atoms. The number of hydrogen-bond donors (Lipinski definition) is 2. The van der Waals surface area contributed by atoms with E-state index in [-0.39, 0.29) is 24.4 Å². The second kappa shape index (κ2) is 8.29. The number of aliphatic imine (C=N–C) groups is 1. The maximum Gasteiger partial charge on any atom is 0.192 e. The minimum Gasteiger partial charge on any atom is -0.347 e. The lowest BCUT2D eigenvalue weighted by Crippen LogP contribution is -2.29. The van der Waals surface area contributed by atoms with Crippen LogP contribution in [0.3, 0.4) is 0 Å². The normalized spacial score (nSPS) is 21.2. The lowest BCUT2D eigenvalue weighted by molar-refractivity contribution is 0.507. The SMILES string of the molecule is CC/C=C(\C)[C@H]1NC(=NCc2ccc(F)c(F)c2)N[C@H]1c1ccc(F)cc1. The van der Waals surface area contributed by atoms with E-state index < -0.39 is 11.6 Å². The van der Waals surface area contributed by atoms with E-state index in [2.05, 4.69) is 28.6 Å². The topological polar surface area (TPSA) is 36.4 Å². The summed E-state index contributed by atoms with van der Waals surface area (Å²) in [4.78, 5) is 4.45. The van der Waals surface area contributed by atoms with Gasteiger partial charge in [-0.25, -0.2) is 18.2 Å². The highest BCUT2D eigenvalue weighted by Crippen LogP contribution is 2.26. The number of allylic oxidation sites excluding steroid dienone is 1. The average Bonchev–Trinajstić information content (AvgIpc) is 3.08. The van der Waals surface area contributed by atoms with Crippen LogP contribution in [0, 0.1) is 17.5 Å². The van der Waals surface area contributed by atoms with Gasteiger partial charge in [-0.1, -0.05) is 36.8 Å². The number of nitrogens with one attached hydrogen (secondary N) is 2. The van der Waals surface area contributed by atoms with E-state index in [1.165, 1.54) is 18.2 Å². The molecule has 0 aliphatic carbocycles. The van der Waals surface area contributed by atoms with Gasteiger partial charge in [-0.2, -0.15) is 0 Å².